The molecule has 1 unspecified atom stereocenters. The maximum Gasteiger partial charge on any atom is 0.305 e. The van der Waals surface area contributed by atoms with Crippen molar-refractivity contribution in [3.8, 4) is 0 Å². The van der Waals surface area contributed by atoms with Crippen molar-refractivity contribution >= 4 is 5.97 Å². The predicted molar refractivity (Wildman–Crippen MR) is 97.6 cm³/mol. The lowest BCUT2D eigenvalue weighted by Gasteiger charge is -2.10. The number of carbonyl (C=O) groups is 1. The van der Waals surface area contributed by atoms with Crippen molar-refractivity contribution in [3.63, 3.8) is 0 Å². The first-order valence-electron chi connectivity index (χ1n) is 9.95. The third-order valence-corrected chi connectivity index (χ3v) is 4.54. The number of carbonyl (C=O) groups excluding carboxylic acids is 1. The molecule has 0 heterocycles. The van der Waals surface area contributed by atoms with Gasteiger partial charge in [-0.15, -0.1) is 0 Å². The molecule has 0 radical (unpaired) electrons. The summed E-state index contributed by atoms with van der Waals surface area (Å²) >= 11 is 0. The van der Waals surface area contributed by atoms with Gasteiger partial charge in [-0.1, -0.05) is 84.0 Å². The van der Waals surface area contributed by atoms with Gasteiger partial charge in [0.25, 0.3) is 0 Å². The molecule has 0 amide bonds. The van der Waals surface area contributed by atoms with Crippen LogP contribution in [0.4, 0.5) is 0 Å². The number of hydrogen-bond acceptors (Lipinski definition) is 3. The lowest BCUT2D eigenvalue weighted by molar-refractivity contribution is -0.140. The van der Waals surface area contributed by atoms with Crippen LogP contribution in [0.15, 0.2) is 0 Å². The summed E-state index contributed by atoms with van der Waals surface area (Å²) in [6.45, 7) is 2.26. The van der Waals surface area contributed by atoms with E-state index in [1.807, 2.05) is 0 Å². The van der Waals surface area contributed by atoms with Gasteiger partial charge in [0, 0.05) is 6.42 Å². The van der Waals surface area contributed by atoms with E-state index < -0.39 is 0 Å². The molecule has 138 valence electrons. The summed E-state index contributed by atoms with van der Waals surface area (Å²) in [5, 5.41) is 9.96. The molecule has 0 saturated heterocycles. The summed E-state index contributed by atoms with van der Waals surface area (Å²) < 4.78 is 4.61. The van der Waals surface area contributed by atoms with E-state index in [-0.39, 0.29) is 12.1 Å². The third-order valence-electron chi connectivity index (χ3n) is 4.54. The topological polar surface area (TPSA) is 46.5 Å². The monoisotopic (exact) mass is 328 g/mol. The van der Waals surface area contributed by atoms with Gasteiger partial charge < -0.3 is 9.84 Å². The van der Waals surface area contributed by atoms with Crippen LogP contribution in [0.2, 0.25) is 0 Å². The van der Waals surface area contributed by atoms with E-state index in [1.165, 1.54) is 64.9 Å². The lowest BCUT2D eigenvalue weighted by atomic mass is 10.0. The largest absolute Gasteiger partial charge is 0.469 e. The fourth-order valence-electron chi connectivity index (χ4n) is 2.94. The SMILES string of the molecule is CCCCCCCCCCCC(O)CCCCCCC(=O)OC. The predicted octanol–water partition coefficient (Wildman–Crippen LogP) is 5.78. The van der Waals surface area contributed by atoms with Crippen LogP contribution in [-0.2, 0) is 9.53 Å². The first-order chi connectivity index (χ1) is 11.2. The summed E-state index contributed by atoms with van der Waals surface area (Å²) in [5.74, 6) is -0.115. The first-order valence-corrected chi connectivity index (χ1v) is 9.95. The normalized spacial score (nSPS) is 12.3. The van der Waals surface area contributed by atoms with Crippen LogP contribution in [0, 0.1) is 0 Å². The molecule has 0 fully saturated rings. The standard InChI is InChI=1S/C20H40O3/c1-3-4-5-6-7-8-9-10-13-16-19(21)17-14-11-12-15-18-20(22)23-2/h19,21H,3-18H2,1-2H3. The zero-order valence-corrected chi connectivity index (χ0v) is 15.7. The second kappa shape index (κ2) is 17.8. The Balaban J connectivity index is 3.19. The minimum Gasteiger partial charge on any atom is -0.469 e. The highest BCUT2D eigenvalue weighted by atomic mass is 16.5. The Hall–Kier alpha value is -0.570. The van der Waals surface area contributed by atoms with Crippen molar-refractivity contribution in [1.29, 1.82) is 0 Å². The molecule has 3 nitrogen and oxygen atoms in total. The third kappa shape index (κ3) is 17.6. The molecule has 0 aliphatic carbocycles. The zero-order chi connectivity index (χ0) is 17.2. The molecular formula is C20H40O3. The number of esters is 1. The van der Waals surface area contributed by atoms with E-state index >= 15 is 0 Å². The Morgan fingerprint density at radius 3 is 1.70 bits per heavy atom. The van der Waals surface area contributed by atoms with Crippen molar-refractivity contribution < 1.29 is 14.6 Å². The maximum absolute atomic E-state index is 10.9. The van der Waals surface area contributed by atoms with Crippen LogP contribution < -0.4 is 0 Å². The minimum absolute atomic E-state index is 0.115. The minimum atomic E-state index is -0.125. The molecule has 0 bridgehead atoms. The van der Waals surface area contributed by atoms with Gasteiger partial charge in [0.15, 0.2) is 0 Å². The van der Waals surface area contributed by atoms with E-state index in [1.54, 1.807) is 0 Å². The Kier molecular flexibility index (Phi) is 17.3. The first kappa shape index (κ1) is 22.4. The highest BCUT2D eigenvalue weighted by Gasteiger charge is 2.04. The molecule has 0 aromatic rings. The van der Waals surface area contributed by atoms with Crippen molar-refractivity contribution in [2.75, 3.05) is 7.11 Å². The van der Waals surface area contributed by atoms with Gasteiger partial charge in [-0.25, -0.2) is 0 Å². The number of aliphatic hydroxyl groups is 1. The van der Waals surface area contributed by atoms with Crippen molar-refractivity contribution in [2.24, 2.45) is 0 Å². The van der Waals surface area contributed by atoms with Crippen LogP contribution in [-0.4, -0.2) is 24.3 Å². The maximum atomic E-state index is 10.9. The van der Waals surface area contributed by atoms with Crippen LogP contribution in [0.25, 0.3) is 0 Å². The second-order valence-electron chi connectivity index (χ2n) is 6.80. The van der Waals surface area contributed by atoms with Gasteiger partial charge >= 0.3 is 5.97 Å². The number of rotatable bonds is 17. The highest BCUT2D eigenvalue weighted by Crippen LogP contribution is 2.14. The van der Waals surface area contributed by atoms with Crippen LogP contribution >= 0.6 is 0 Å². The molecule has 0 aromatic heterocycles. The fraction of sp³-hybridized carbons (Fsp3) is 0.950. The number of methoxy groups -OCH3 is 1. The zero-order valence-electron chi connectivity index (χ0n) is 15.7. The van der Waals surface area contributed by atoms with Gasteiger partial charge in [-0.2, -0.15) is 0 Å². The molecule has 0 aliphatic heterocycles. The highest BCUT2D eigenvalue weighted by molar-refractivity contribution is 5.68. The van der Waals surface area contributed by atoms with E-state index in [0.29, 0.717) is 6.42 Å². The molecule has 1 N–H and O–H groups in total. The molecule has 1 atom stereocenters. The Bertz CT molecular complexity index is 253. The molecule has 23 heavy (non-hydrogen) atoms. The summed E-state index contributed by atoms with van der Waals surface area (Å²) in [6, 6.07) is 0. The van der Waals surface area contributed by atoms with Gasteiger partial charge in [-0.05, 0) is 19.3 Å². The van der Waals surface area contributed by atoms with Gasteiger partial charge in [0.05, 0.1) is 13.2 Å². The van der Waals surface area contributed by atoms with E-state index in [0.717, 1.165) is 38.5 Å². The van der Waals surface area contributed by atoms with E-state index in [2.05, 4.69) is 11.7 Å². The Labute approximate surface area is 144 Å². The average Bonchev–Trinajstić information content (AvgIpc) is 2.56. The quantitative estimate of drug-likeness (QED) is 0.272. The Morgan fingerprint density at radius 1 is 0.783 bits per heavy atom. The van der Waals surface area contributed by atoms with Crippen LogP contribution in [0.5, 0.6) is 0 Å². The summed E-state index contributed by atoms with van der Waals surface area (Å²) in [7, 11) is 1.44. The van der Waals surface area contributed by atoms with Crippen molar-refractivity contribution in [1.82, 2.24) is 0 Å². The van der Waals surface area contributed by atoms with Crippen molar-refractivity contribution in [3.05, 3.63) is 0 Å². The average molecular weight is 329 g/mol. The number of aliphatic hydroxyl groups excluding tert-OH is 1. The molecule has 0 spiro atoms. The van der Waals surface area contributed by atoms with Crippen LogP contribution in [0.3, 0.4) is 0 Å². The summed E-state index contributed by atoms with van der Waals surface area (Å²) in [4.78, 5) is 10.9. The van der Waals surface area contributed by atoms with Crippen LogP contribution in [0.1, 0.15) is 110 Å². The molecule has 0 saturated carbocycles. The number of unbranched alkanes of at least 4 members (excludes halogenated alkanes) is 11. The second-order valence-corrected chi connectivity index (χ2v) is 6.80. The molecule has 0 aromatic carbocycles. The van der Waals surface area contributed by atoms with E-state index in [9.17, 15) is 9.90 Å². The lowest BCUT2D eigenvalue weighted by Crippen LogP contribution is -2.06. The smallest absolute Gasteiger partial charge is 0.305 e. The van der Waals surface area contributed by atoms with Gasteiger partial charge in [0.1, 0.15) is 0 Å². The van der Waals surface area contributed by atoms with Gasteiger partial charge in [0.2, 0.25) is 0 Å². The van der Waals surface area contributed by atoms with E-state index in [4.69, 9.17) is 0 Å². The van der Waals surface area contributed by atoms with Gasteiger partial charge in [-0.3, -0.25) is 4.79 Å². The number of hydrogen-bond donors (Lipinski definition) is 1. The molecule has 0 aliphatic rings. The number of ether oxygens (including phenoxy) is 1. The Morgan fingerprint density at radius 2 is 1.22 bits per heavy atom. The summed E-state index contributed by atoms with van der Waals surface area (Å²) in [5.41, 5.74) is 0. The van der Waals surface area contributed by atoms with Crippen molar-refractivity contribution in [2.45, 2.75) is 116 Å². The molecule has 3 heteroatoms. The molecular weight excluding hydrogens is 288 g/mol. The summed E-state index contributed by atoms with van der Waals surface area (Å²) in [6.07, 6.45) is 18.4. The fourth-order valence-corrected chi connectivity index (χ4v) is 2.94. The molecule has 0 rings (SSSR count).